The Labute approximate surface area is 242 Å². The normalized spacial score (nSPS) is 36.7. The third kappa shape index (κ3) is 7.30. The van der Waals surface area contributed by atoms with Gasteiger partial charge in [-0.05, 0) is 118 Å². The summed E-state index contributed by atoms with van der Waals surface area (Å²) < 4.78 is 11.0. The van der Waals surface area contributed by atoms with Crippen LogP contribution in [-0.2, 0) is 19.1 Å². The number of carbonyl (C=O) groups is 2. The van der Waals surface area contributed by atoms with Crippen molar-refractivity contribution in [1.82, 2.24) is 10.6 Å². The summed E-state index contributed by atoms with van der Waals surface area (Å²) in [6.07, 6.45) is 14.1. The molecule has 0 heterocycles. The van der Waals surface area contributed by atoms with E-state index in [-0.39, 0.29) is 17.9 Å². The highest BCUT2D eigenvalue weighted by Gasteiger charge is 2.59. The van der Waals surface area contributed by atoms with Crippen LogP contribution in [0.4, 0.5) is 0 Å². The first-order valence-electron chi connectivity index (χ1n) is 16.2. The van der Waals surface area contributed by atoms with E-state index in [4.69, 9.17) is 9.47 Å². The molecule has 4 aliphatic carbocycles. The minimum Gasteiger partial charge on any atom is -0.393 e. The van der Waals surface area contributed by atoms with E-state index in [1.54, 1.807) is 6.92 Å². The van der Waals surface area contributed by atoms with Gasteiger partial charge in [0.1, 0.15) is 0 Å². The summed E-state index contributed by atoms with van der Waals surface area (Å²) in [5, 5.41) is 16.0. The number of rotatable bonds is 14. The second kappa shape index (κ2) is 14.2. The third-order valence-electron chi connectivity index (χ3n) is 11.7. The van der Waals surface area contributed by atoms with Crippen molar-refractivity contribution in [3.8, 4) is 0 Å². The standard InChI is InChI=1S/C33H56N2O5/c1-23(2)31(38)35-17-19-40-21-20-39-18-16-34-30(37)7-5-6-24-9-11-28-27-10-8-25-22-26(36)12-14-33(25,4)29(27)13-15-32(24,28)3/h24-29,36H,1,5-22H2,2-4H3,(H,34,37)(H,35,38)/t24-,25?,26+,27?,28?,29?,32+,33-/m0/s1. The lowest BCUT2D eigenvalue weighted by molar-refractivity contribution is -0.127. The summed E-state index contributed by atoms with van der Waals surface area (Å²) in [5.41, 5.74) is 1.38. The molecule has 228 valence electrons. The predicted octanol–water partition coefficient (Wildman–Crippen LogP) is 5.02. The van der Waals surface area contributed by atoms with E-state index in [2.05, 4.69) is 31.1 Å². The van der Waals surface area contributed by atoms with Crippen molar-refractivity contribution in [3.63, 3.8) is 0 Å². The van der Waals surface area contributed by atoms with E-state index in [9.17, 15) is 14.7 Å². The van der Waals surface area contributed by atoms with Crippen molar-refractivity contribution in [1.29, 1.82) is 0 Å². The number of hydrogen-bond acceptors (Lipinski definition) is 5. The van der Waals surface area contributed by atoms with Crippen LogP contribution in [0.3, 0.4) is 0 Å². The molecule has 4 saturated carbocycles. The van der Waals surface area contributed by atoms with Crippen molar-refractivity contribution in [2.75, 3.05) is 39.5 Å². The first-order chi connectivity index (χ1) is 19.1. The van der Waals surface area contributed by atoms with Crippen molar-refractivity contribution in [2.45, 2.75) is 104 Å². The number of nitrogens with one attached hydrogen (secondary N) is 2. The van der Waals surface area contributed by atoms with Gasteiger partial charge in [0.2, 0.25) is 11.8 Å². The summed E-state index contributed by atoms with van der Waals surface area (Å²) in [6.45, 7) is 13.2. The Morgan fingerprint density at radius 2 is 1.55 bits per heavy atom. The van der Waals surface area contributed by atoms with Gasteiger partial charge < -0.3 is 25.2 Å². The van der Waals surface area contributed by atoms with E-state index in [1.165, 1.54) is 51.4 Å². The average molecular weight is 561 g/mol. The van der Waals surface area contributed by atoms with Crippen LogP contribution in [0.1, 0.15) is 97.8 Å². The van der Waals surface area contributed by atoms with Gasteiger partial charge in [-0.15, -0.1) is 0 Å². The van der Waals surface area contributed by atoms with Crippen LogP contribution in [0.2, 0.25) is 0 Å². The van der Waals surface area contributed by atoms with Gasteiger partial charge in [-0.25, -0.2) is 0 Å². The highest BCUT2D eigenvalue weighted by Crippen LogP contribution is 2.67. The number of aliphatic hydroxyl groups is 1. The Kier molecular flexibility index (Phi) is 11.1. The fourth-order valence-electron chi connectivity index (χ4n) is 9.39. The molecular formula is C33H56N2O5. The maximum absolute atomic E-state index is 12.4. The van der Waals surface area contributed by atoms with Crippen LogP contribution in [0.5, 0.6) is 0 Å². The van der Waals surface area contributed by atoms with Crippen molar-refractivity contribution < 1.29 is 24.2 Å². The van der Waals surface area contributed by atoms with E-state index >= 15 is 0 Å². The fraction of sp³-hybridized carbons (Fsp3) is 0.879. The summed E-state index contributed by atoms with van der Waals surface area (Å²) in [5.74, 6) is 4.03. The molecular weight excluding hydrogens is 504 g/mol. The second-order valence-corrected chi connectivity index (χ2v) is 13.9. The van der Waals surface area contributed by atoms with E-state index in [0.29, 0.717) is 62.3 Å². The van der Waals surface area contributed by atoms with Gasteiger partial charge in [-0.1, -0.05) is 20.4 Å². The number of amides is 2. The number of hydrogen-bond donors (Lipinski definition) is 3. The number of fused-ring (bicyclic) bond motifs is 5. The molecule has 3 N–H and O–H groups in total. The number of ether oxygens (including phenoxy) is 2. The Hall–Kier alpha value is -1.44. The molecule has 4 aliphatic rings. The lowest BCUT2D eigenvalue weighted by Gasteiger charge is -2.61. The number of aliphatic hydroxyl groups excluding tert-OH is 1. The fourth-order valence-corrected chi connectivity index (χ4v) is 9.39. The van der Waals surface area contributed by atoms with Gasteiger partial charge in [0, 0.05) is 25.1 Å². The zero-order valence-corrected chi connectivity index (χ0v) is 25.5. The maximum atomic E-state index is 12.4. The lowest BCUT2D eigenvalue weighted by Crippen LogP contribution is -2.53. The lowest BCUT2D eigenvalue weighted by atomic mass is 9.44. The van der Waals surface area contributed by atoms with Gasteiger partial charge in [0.05, 0.1) is 32.5 Å². The van der Waals surface area contributed by atoms with Crippen LogP contribution in [0, 0.1) is 40.4 Å². The van der Waals surface area contributed by atoms with Crippen LogP contribution >= 0.6 is 0 Å². The molecule has 8 atom stereocenters. The number of carbonyl (C=O) groups excluding carboxylic acids is 2. The minimum absolute atomic E-state index is 0.0662. The third-order valence-corrected chi connectivity index (χ3v) is 11.7. The largest absolute Gasteiger partial charge is 0.393 e. The van der Waals surface area contributed by atoms with Gasteiger partial charge in [0.25, 0.3) is 0 Å². The highest BCUT2D eigenvalue weighted by molar-refractivity contribution is 5.92. The molecule has 0 saturated heterocycles. The summed E-state index contributed by atoms with van der Waals surface area (Å²) >= 11 is 0. The molecule has 7 heteroatoms. The summed E-state index contributed by atoms with van der Waals surface area (Å²) in [4.78, 5) is 23.8. The van der Waals surface area contributed by atoms with Gasteiger partial charge in [-0.3, -0.25) is 9.59 Å². The Morgan fingerprint density at radius 3 is 2.27 bits per heavy atom. The second-order valence-electron chi connectivity index (χ2n) is 13.9. The van der Waals surface area contributed by atoms with Crippen LogP contribution in [0.25, 0.3) is 0 Å². The Balaban J connectivity index is 1.08. The molecule has 0 radical (unpaired) electrons. The molecule has 0 aromatic carbocycles. The Morgan fingerprint density at radius 1 is 0.875 bits per heavy atom. The molecule has 0 bridgehead atoms. The average Bonchev–Trinajstić information content (AvgIpc) is 3.26. The van der Waals surface area contributed by atoms with E-state index in [1.807, 2.05) is 0 Å². The van der Waals surface area contributed by atoms with Gasteiger partial charge >= 0.3 is 0 Å². The summed E-state index contributed by atoms with van der Waals surface area (Å²) in [6, 6.07) is 0. The molecule has 2 amide bonds. The molecule has 0 aliphatic heterocycles. The molecule has 7 nitrogen and oxygen atoms in total. The first-order valence-corrected chi connectivity index (χ1v) is 16.2. The summed E-state index contributed by atoms with van der Waals surface area (Å²) in [7, 11) is 0. The highest BCUT2D eigenvalue weighted by atomic mass is 16.5. The Bertz CT molecular complexity index is 879. The van der Waals surface area contributed by atoms with Crippen molar-refractivity contribution >= 4 is 11.8 Å². The topological polar surface area (TPSA) is 96.9 Å². The monoisotopic (exact) mass is 560 g/mol. The van der Waals surface area contributed by atoms with Gasteiger partial charge in [0.15, 0.2) is 0 Å². The molecule has 0 aromatic heterocycles. The molecule has 40 heavy (non-hydrogen) atoms. The van der Waals surface area contributed by atoms with Crippen LogP contribution in [0.15, 0.2) is 12.2 Å². The molecule has 0 aromatic rings. The van der Waals surface area contributed by atoms with Crippen LogP contribution < -0.4 is 10.6 Å². The molecule has 4 fully saturated rings. The van der Waals surface area contributed by atoms with Crippen LogP contribution in [-0.4, -0.2) is 62.5 Å². The smallest absolute Gasteiger partial charge is 0.246 e. The first kappa shape index (κ1) is 31.5. The molecule has 4 unspecified atom stereocenters. The minimum atomic E-state index is -0.154. The molecule has 4 rings (SSSR count). The predicted molar refractivity (Wildman–Crippen MR) is 158 cm³/mol. The SMILES string of the molecule is C=C(C)C(=O)NCCOCCOCCNC(=O)CCC[C@H]1CCC2C3CCC4C[C@H](O)CC[C@]4(C)C3CC[C@@]21C. The molecule has 0 spiro atoms. The maximum Gasteiger partial charge on any atom is 0.246 e. The van der Waals surface area contributed by atoms with Crippen molar-refractivity contribution in [3.05, 3.63) is 12.2 Å². The van der Waals surface area contributed by atoms with Gasteiger partial charge in [-0.2, -0.15) is 0 Å². The van der Waals surface area contributed by atoms with Crippen molar-refractivity contribution in [2.24, 2.45) is 40.4 Å². The van der Waals surface area contributed by atoms with E-state index < -0.39 is 0 Å². The quantitative estimate of drug-likeness (QED) is 0.205. The van der Waals surface area contributed by atoms with E-state index in [0.717, 1.165) is 48.9 Å². The zero-order valence-electron chi connectivity index (χ0n) is 25.5. The zero-order chi connectivity index (χ0) is 28.8.